The first-order valence-electron chi connectivity index (χ1n) is 6.57. The zero-order chi connectivity index (χ0) is 14.7. The molecule has 20 heavy (non-hydrogen) atoms. The fourth-order valence-corrected chi connectivity index (χ4v) is 2.57. The van der Waals surface area contributed by atoms with Crippen LogP contribution >= 0.6 is 23.2 Å². The molecule has 0 aliphatic carbocycles. The molecule has 2 aromatic rings. The summed E-state index contributed by atoms with van der Waals surface area (Å²) in [6.45, 7) is 7.10. The first kappa shape index (κ1) is 15.2. The van der Waals surface area contributed by atoms with Gasteiger partial charge >= 0.3 is 0 Å². The number of alkyl halides is 1. The summed E-state index contributed by atoms with van der Waals surface area (Å²) in [5.74, 6) is 1.26. The molecule has 0 fully saturated rings. The summed E-state index contributed by atoms with van der Waals surface area (Å²) in [6.07, 6.45) is 0. The van der Waals surface area contributed by atoms with Crippen molar-refractivity contribution in [1.82, 2.24) is 9.78 Å². The average Bonchev–Trinajstić information content (AvgIpc) is 2.72. The standard InChI is InChI=1S/C15H18Cl2N2O/c1-4-19-13(14(17)11(3)18-19)9-20-15-10(2)6-5-7-12(15)8-16/h5-7H,4,8-9H2,1-3H3. The second-order valence-electron chi connectivity index (χ2n) is 4.65. The van der Waals surface area contributed by atoms with Crippen LogP contribution in [0.5, 0.6) is 5.75 Å². The molecule has 0 saturated heterocycles. The fraction of sp³-hybridized carbons (Fsp3) is 0.400. The number of para-hydroxylation sites is 1. The lowest BCUT2D eigenvalue weighted by Gasteiger charge is -2.13. The highest BCUT2D eigenvalue weighted by Gasteiger charge is 2.14. The predicted octanol–water partition coefficient (Wildman–Crippen LogP) is 4.49. The first-order chi connectivity index (χ1) is 9.58. The van der Waals surface area contributed by atoms with Gasteiger partial charge in [-0.15, -0.1) is 11.6 Å². The zero-order valence-corrected chi connectivity index (χ0v) is 13.4. The summed E-state index contributed by atoms with van der Waals surface area (Å²) in [6, 6.07) is 5.96. The van der Waals surface area contributed by atoms with E-state index in [0.29, 0.717) is 17.5 Å². The molecule has 0 radical (unpaired) electrons. The lowest BCUT2D eigenvalue weighted by atomic mass is 10.1. The van der Waals surface area contributed by atoms with Gasteiger partial charge in [-0.25, -0.2) is 0 Å². The summed E-state index contributed by atoms with van der Waals surface area (Å²) in [4.78, 5) is 0. The van der Waals surface area contributed by atoms with E-state index in [4.69, 9.17) is 27.9 Å². The van der Waals surface area contributed by atoms with Crippen molar-refractivity contribution >= 4 is 23.2 Å². The number of nitrogens with zero attached hydrogens (tertiary/aromatic N) is 2. The molecule has 0 unspecified atom stereocenters. The third kappa shape index (κ3) is 2.94. The van der Waals surface area contributed by atoms with Crippen molar-refractivity contribution in [3.8, 4) is 5.75 Å². The number of rotatable bonds is 5. The average molecular weight is 313 g/mol. The molecule has 2 rings (SSSR count). The Balaban J connectivity index is 2.25. The Morgan fingerprint density at radius 2 is 2.05 bits per heavy atom. The SMILES string of the molecule is CCn1nc(C)c(Cl)c1COc1c(C)cccc1CCl. The smallest absolute Gasteiger partial charge is 0.131 e. The molecule has 1 aromatic heterocycles. The maximum absolute atomic E-state index is 6.28. The van der Waals surface area contributed by atoms with E-state index in [-0.39, 0.29) is 0 Å². The van der Waals surface area contributed by atoms with Crippen molar-refractivity contribution in [3.63, 3.8) is 0 Å². The van der Waals surface area contributed by atoms with Gasteiger partial charge in [0, 0.05) is 12.1 Å². The van der Waals surface area contributed by atoms with Gasteiger partial charge in [0.2, 0.25) is 0 Å². The molecule has 108 valence electrons. The molecular weight excluding hydrogens is 295 g/mol. The van der Waals surface area contributed by atoms with Gasteiger partial charge in [-0.1, -0.05) is 29.8 Å². The highest BCUT2D eigenvalue weighted by Crippen LogP contribution is 2.27. The molecule has 0 amide bonds. The lowest BCUT2D eigenvalue weighted by Crippen LogP contribution is -2.07. The van der Waals surface area contributed by atoms with Crippen LogP contribution in [-0.4, -0.2) is 9.78 Å². The Kier molecular flexibility index (Phi) is 4.95. The number of halogens is 2. The maximum atomic E-state index is 6.28. The summed E-state index contributed by atoms with van der Waals surface area (Å²) in [7, 11) is 0. The number of aromatic nitrogens is 2. The fourth-order valence-electron chi connectivity index (χ4n) is 2.17. The second kappa shape index (κ2) is 6.51. The van der Waals surface area contributed by atoms with E-state index in [1.165, 1.54) is 0 Å². The summed E-state index contributed by atoms with van der Waals surface area (Å²) in [5, 5.41) is 5.06. The minimum atomic E-state index is 0.391. The van der Waals surface area contributed by atoms with Crippen molar-refractivity contribution in [2.45, 2.75) is 39.8 Å². The Labute approximate surface area is 129 Å². The monoisotopic (exact) mass is 312 g/mol. The van der Waals surface area contributed by atoms with Crippen LogP contribution in [-0.2, 0) is 19.0 Å². The molecule has 0 bridgehead atoms. The number of benzene rings is 1. The predicted molar refractivity (Wildman–Crippen MR) is 82.7 cm³/mol. The molecule has 5 heteroatoms. The summed E-state index contributed by atoms with van der Waals surface area (Å²) in [5.41, 5.74) is 3.78. The Morgan fingerprint density at radius 1 is 1.30 bits per heavy atom. The second-order valence-corrected chi connectivity index (χ2v) is 5.29. The minimum absolute atomic E-state index is 0.391. The molecule has 0 saturated carbocycles. The van der Waals surface area contributed by atoms with Gasteiger partial charge in [-0.3, -0.25) is 4.68 Å². The van der Waals surface area contributed by atoms with Crippen molar-refractivity contribution in [3.05, 3.63) is 45.7 Å². The largest absolute Gasteiger partial charge is 0.487 e. The van der Waals surface area contributed by atoms with Crippen molar-refractivity contribution < 1.29 is 4.74 Å². The molecule has 0 aliphatic rings. The topological polar surface area (TPSA) is 27.1 Å². The third-order valence-electron chi connectivity index (χ3n) is 3.24. The molecule has 0 atom stereocenters. The Bertz CT molecular complexity index is 608. The Morgan fingerprint density at radius 3 is 2.70 bits per heavy atom. The number of hydrogen-bond donors (Lipinski definition) is 0. The van der Waals surface area contributed by atoms with Crippen LogP contribution in [0.15, 0.2) is 18.2 Å². The first-order valence-corrected chi connectivity index (χ1v) is 7.48. The Hall–Kier alpha value is -1.19. The molecule has 0 aliphatic heterocycles. The van der Waals surface area contributed by atoms with Gasteiger partial charge in [-0.05, 0) is 26.3 Å². The van der Waals surface area contributed by atoms with Crippen molar-refractivity contribution in [2.24, 2.45) is 0 Å². The molecule has 3 nitrogen and oxygen atoms in total. The van der Waals surface area contributed by atoms with E-state index in [2.05, 4.69) is 5.10 Å². The van der Waals surface area contributed by atoms with Crippen molar-refractivity contribution in [2.75, 3.05) is 0 Å². The van der Waals surface area contributed by atoms with E-state index in [1.807, 2.05) is 43.7 Å². The molecular formula is C15H18Cl2N2O. The highest BCUT2D eigenvalue weighted by atomic mass is 35.5. The van der Waals surface area contributed by atoms with E-state index < -0.39 is 0 Å². The van der Waals surface area contributed by atoms with E-state index in [1.54, 1.807) is 0 Å². The van der Waals surface area contributed by atoms with Crippen molar-refractivity contribution in [1.29, 1.82) is 0 Å². The van der Waals surface area contributed by atoms with Gasteiger partial charge in [0.15, 0.2) is 0 Å². The molecule has 0 N–H and O–H groups in total. The maximum Gasteiger partial charge on any atom is 0.131 e. The van der Waals surface area contributed by atoms with Crippen LogP contribution in [0.25, 0.3) is 0 Å². The summed E-state index contributed by atoms with van der Waals surface area (Å²) >= 11 is 12.2. The van der Waals surface area contributed by atoms with Gasteiger partial charge < -0.3 is 4.74 Å². The van der Waals surface area contributed by atoms with E-state index in [9.17, 15) is 0 Å². The van der Waals surface area contributed by atoms with Gasteiger partial charge in [-0.2, -0.15) is 5.10 Å². The lowest BCUT2D eigenvalue weighted by molar-refractivity contribution is 0.288. The molecule has 0 spiro atoms. The normalized spacial score (nSPS) is 10.8. The highest BCUT2D eigenvalue weighted by molar-refractivity contribution is 6.31. The number of aryl methyl sites for hydroxylation is 3. The van der Waals surface area contributed by atoms with Crippen LogP contribution in [0.1, 0.15) is 29.4 Å². The van der Waals surface area contributed by atoms with Gasteiger partial charge in [0.1, 0.15) is 12.4 Å². The molecule has 1 aromatic carbocycles. The number of hydrogen-bond acceptors (Lipinski definition) is 2. The number of ether oxygens (including phenoxy) is 1. The summed E-state index contributed by atoms with van der Waals surface area (Å²) < 4.78 is 7.82. The van der Waals surface area contributed by atoms with Gasteiger partial charge in [0.05, 0.1) is 22.3 Å². The van der Waals surface area contributed by atoms with Crippen LogP contribution in [0, 0.1) is 13.8 Å². The van der Waals surface area contributed by atoms with Crippen LogP contribution < -0.4 is 4.74 Å². The van der Waals surface area contributed by atoms with Gasteiger partial charge in [0.25, 0.3) is 0 Å². The van der Waals surface area contributed by atoms with Crippen LogP contribution in [0.2, 0.25) is 5.02 Å². The quantitative estimate of drug-likeness (QED) is 0.760. The van der Waals surface area contributed by atoms with Crippen LogP contribution in [0.4, 0.5) is 0 Å². The third-order valence-corrected chi connectivity index (χ3v) is 4.02. The van der Waals surface area contributed by atoms with E-state index in [0.717, 1.165) is 34.8 Å². The zero-order valence-electron chi connectivity index (χ0n) is 11.9. The minimum Gasteiger partial charge on any atom is -0.487 e. The van der Waals surface area contributed by atoms with Crippen LogP contribution in [0.3, 0.4) is 0 Å². The molecule has 1 heterocycles. The van der Waals surface area contributed by atoms with E-state index >= 15 is 0 Å².